The largest absolute Gasteiger partial charge is 0.365 e. The van der Waals surface area contributed by atoms with Crippen molar-refractivity contribution in [3.63, 3.8) is 0 Å². The molecule has 2 aromatic rings. The second kappa shape index (κ2) is 7.59. The number of fused-ring (bicyclic) bond motifs is 2. The van der Waals surface area contributed by atoms with Crippen LogP contribution in [-0.2, 0) is 28.3 Å². The first-order valence-electron chi connectivity index (χ1n) is 10.4. The van der Waals surface area contributed by atoms with Crippen LogP contribution in [0, 0.1) is 17.6 Å². The second-order valence-electron chi connectivity index (χ2n) is 8.40. The number of hydrogen-bond acceptors (Lipinski definition) is 3. The molecule has 0 bridgehead atoms. The van der Waals surface area contributed by atoms with E-state index in [0.717, 1.165) is 18.4 Å². The first-order chi connectivity index (χ1) is 14.5. The smallest absolute Gasteiger partial charge is 0.230 e. The number of ether oxygens (including phenoxy) is 1. The highest BCUT2D eigenvalue weighted by molar-refractivity contribution is 6.31. The third-order valence-electron chi connectivity index (χ3n) is 6.54. The molecule has 3 aliphatic rings. The zero-order valence-electron chi connectivity index (χ0n) is 16.5. The highest BCUT2D eigenvalue weighted by Gasteiger charge is 2.53. The number of carbonyl (C=O) groups is 1. The standard InChI is InChI=1S/C23H23ClF2N2O2/c24-19-4-2-1-3-14(19)12-28(16-5-6-16)22(29)18-11-27-8-7-23(18)17-10-21(26)20(25)9-15(17)13-30-23/h1-4,9-10,16,18,27H,5-8,11-13H2. The molecule has 4 nitrogen and oxygen atoms in total. The minimum atomic E-state index is -0.931. The van der Waals surface area contributed by atoms with E-state index in [2.05, 4.69) is 5.32 Å². The Morgan fingerprint density at radius 3 is 2.77 bits per heavy atom. The van der Waals surface area contributed by atoms with Crippen molar-refractivity contribution in [1.29, 1.82) is 0 Å². The van der Waals surface area contributed by atoms with Crippen LogP contribution in [0.25, 0.3) is 0 Å². The van der Waals surface area contributed by atoms with Crippen molar-refractivity contribution >= 4 is 17.5 Å². The molecule has 1 aliphatic carbocycles. The maximum atomic E-state index is 14.1. The van der Waals surface area contributed by atoms with Gasteiger partial charge in [0.1, 0.15) is 5.60 Å². The molecule has 158 valence electrons. The lowest BCUT2D eigenvalue weighted by Gasteiger charge is -2.43. The lowest BCUT2D eigenvalue weighted by Crippen LogP contribution is -2.55. The van der Waals surface area contributed by atoms with Gasteiger partial charge in [0.2, 0.25) is 5.91 Å². The van der Waals surface area contributed by atoms with E-state index in [4.69, 9.17) is 16.3 Å². The van der Waals surface area contributed by atoms with Crippen molar-refractivity contribution in [2.24, 2.45) is 5.92 Å². The number of rotatable bonds is 4. The Labute approximate surface area is 179 Å². The van der Waals surface area contributed by atoms with Gasteiger partial charge in [-0.25, -0.2) is 8.78 Å². The number of nitrogens with zero attached hydrogens (tertiary/aromatic N) is 1. The molecule has 1 amide bonds. The Bertz CT molecular complexity index is 997. The third-order valence-corrected chi connectivity index (χ3v) is 6.91. The summed E-state index contributed by atoms with van der Waals surface area (Å²) in [6.45, 7) is 1.70. The van der Waals surface area contributed by atoms with Crippen molar-refractivity contribution < 1.29 is 18.3 Å². The van der Waals surface area contributed by atoms with Crippen LogP contribution < -0.4 is 5.32 Å². The van der Waals surface area contributed by atoms with Crippen molar-refractivity contribution in [2.45, 2.75) is 44.1 Å². The number of hydrogen-bond donors (Lipinski definition) is 1. The van der Waals surface area contributed by atoms with Gasteiger partial charge in [-0.05, 0) is 60.7 Å². The zero-order valence-corrected chi connectivity index (χ0v) is 17.2. The van der Waals surface area contributed by atoms with E-state index in [9.17, 15) is 13.6 Å². The van der Waals surface area contributed by atoms with Crippen LogP contribution >= 0.6 is 11.6 Å². The van der Waals surface area contributed by atoms with Crippen molar-refractivity contribution in [3.8, 4) is 0 Å². The summed E-state index contributed by atoms with van der Waals surface area (Å²) in [5, 5.41) is 3.92. The van der Waals surface area contributed by atoms with E-state index < -0.39 is 23.2 Å². The van der Waals surface area contributed by atoms with Gasteiger partial charge in [0.25, 0.3) is 0 Å². The third kappa shape index (κ3) is 3.31. The van der Waals surface area contributed by atoms with Crippen molar-refractivity contribution in [2.75, 3.05) is 13.1 Å². The van der Waals surface area contributed by atoms with E-state index in [-0.39, 0.29) is 18.6 Å². The topological polar surface area (TPSA) is 41.6 Å². The molecule has 0 radical (unpaired) electrons. The molecule has 1 saturated carbocycles. The fraction of sp³-hybridized carbons (Fsp3) is 0.435. The highest BCUT2D eigenvalue weighted by atomic mass is 35.5. The van der Waals surface area contributed by atoms with Gasteiger partial charge in [0, 0.05) is 24.2 Å². The van der Waals surface area contributed by atoms with Gasteiger partial charge in [-0.3, -0.25) is 4.79 Å². The Kier molecular flexibility index (Phi) is 5.04. The van der Waals surface area contributed by atoms with Gasteiger partial charge < -0.3 is 15.0 Å². The summed E-state index contributed by atoms with van der Waals surface area (Å²) in [7, 11) is 0. The average molecular weight is 433 g/mol. The predicted octanol–water partition coefficient (Wildman–Crippen LogP) is 4.14. The molecular weight excluding hydrogens is 410 g/mol. The van der Waals surface area contributed by atoms with Gasteiger partial charge in [-0.2, -0.15) is 0 Å². The van der Waals surface area contributed by atoms with Crippen LogP contribution in [0.1, 0.15) is 36.0 Å². The van der Waals surface area contributed by atoms with Crippen LogP contribution in [0.4, 0.5) is 8.78 Å². The normalized spacial score (nSPS) is 25.4. The average Bonchev–Trinajstić information content (AvgIpc) is 3.53. The van der Waals surface area contributed by atoms with Crippen LogP contribution in [0.3, 0.4) is 0 Å². The number of piperidine rings is 1. The fourth-order valence-corrected chi connectivity index (χ4v) is 5.01. The maximum absolute atomic E-state index is 14.1. The number of carbonyl (C=O) groups excluding carboxylic acids is 1. The summed E-state index contributed by atoms with van der Waals surface area (Å²) < 4.78 is 34.1. The lowest BCUT2D eigenvalue weighted by molar-refractivity contribution is -0.157. The highest BCUT2D eigenvalue weighted by Crippen LogP contribution is 2.48. The zero-order chi connectivity index (χ0) is 20.9. The molecule has 1 spiro atoms. The van der Waals surface area contributed by atoms with Crippen LogP contribution in [-0.4, -0.2) is 29.9 Å². The van der Waals surface area contributed by atoms with E-state index in [1.54, 1.807) is 0 Å². The molecule has 2 unspecified atom stereocenters. The summed E-state index contributed by atoms with van der Waals surface area (Å²) in [6.07, 6.45) is 2.45. The van der Waals surface area contributed by atoms with Gasteiger partial charge in [0.05, 0.1) is 12.5 Å². The van der Waals surface area contributed by atoms with Gasteiger partial charge in [-0.1, -0.05) is 29.8 Å². The van der Waals surface area contributed by atoms with Crippen LogP contribution in [0.2, 0.25) is 5.02 Å². The SMILES string of the molecule is O=C(C1CNCCC12OCc1cc(F)c(F)cc12)N(Cc1ccccc1Cl)C1CC1. The minimum Gasteiger partial charge on any atom is -0.365 e. The molecule has 1 N–H and O–H groups in total. The molecule has 30 heavy (non-hydrogen) atoms. The number of nitrogens with one attached hydrogen (secondary N) is 1. The molecule has 2 atom stereocenters. The number of benzene rings is 2. The van der Waals surface area contributed by atoms with Crippen LogP contribution in [0.15, 0.2) is 36.4 Å². The summed E-state index contributed by atoms with van der Waals surface area (Å²) in [6, 6.07) is 10.1. The van der Waals surface area contributed by atoms with E-state index in [0.29, 0.717) is 42.2 Å². The first-order valence-corrected chi connectivity index (χ1v) is 10.7. The Hall–Kier alpha value is -2.02. The lowest BCUT2D eigenvalue weighted by atomic mass is 9.75. The predicted molar refractivity (Wildman–Crippen MR) is 109 cm³/mol. The molecule has 2 aliphatic heterocycles. The summed E-state index contributed by atoms with van der Waals surface area (Å²) >= 11 is 6.35. The summed E-state index contributed by atoms with van der Waals surface area (Å²) in [5.74, 6) is -2.33. The van der Waals surface area contributed by atoms with Gasteiger partial charge in [0.15, 0.2) is 11.6 Å². The first kappa shape index (κ1) is 19.9. The molecule has 2 heterocycles. The van der Waals surface area contributed by atoms with Crippen LogP contribution in [0.5, 0.6) is 0 Å². The summed E-state index contributed by atoms with van der Waals surface area (Å²) in [5.41, 5.74) is 1.20. The van der Waals surface area contributed by atoms with Gasteiger partial charge in [-0.15, -0.1) is 0 Å². The fourth-order valence-electron chi connectivity index (χ4n) is 4.81. The van der Waals surface area contributed by atoms with Crippen molar-refractivity contribution in [3.05, 3.63) is 69.7 Å². The summed E-state index contributed by atoms with van der Waals surface area (Å²) in [4.78, 5) is 15.7. The van der Waals surface area contributed by atoms with E-state index in [1.807, 2.05) is 29.2 Å². The maximum Gasteiger partial charge on any atom is 0.230 e. The molecule has 1 saturated heterocycles. The number of halogens is 3. The molecule has 7 heteroatoms. The minimum absolute atomic E-state index is 0.0257. The molecular formula is C23H23ClF2N2O2. The van der Waals surface area contributed by atoms with E-state index >= 15 is 0 Å². The number of amides is 1. The second-order valence-corrected chi connectivity index (χ2v) is 8.80. The van der Waals surface area contributed by atoms with Crippen molar-refractivity contribution in [1.82, 2.24) is 10.2 Å². The Balaban J connectivity index is 1.50. The molecule has 2 aromatic carbocycles. The Morgan fingerprint density at radius 1 is 1.23 bits per heavy atom. The monoisotopic (exact) mass is 432 g/mol. The van der Waals surface area contributed by atoms with Gasteiger partial charge >= 0.3 is 0 Å². The molecule has 0 aromatic heterocycles. The molecule has 5 rings (SSSR count). The Morgan fingerprint density at radius 2 is 2.00 bits per heavy atom. The quantitative estimate of drug-likeness (QED) is 0.789. The van der Waals surface area contributed by atoms with E-state index in [1.165, 1.54) is 12.1 Å². The molecule has 2 fully saturated rings.